The van der Waals surface area contributed by atoms with Gasteiger partial charge in [0, 0.05) is 0 Å². The molecule has 14 heavy (non-hydrogen) atoms. The lowest BCUT2D eigenvalue weighted by Gasteiger charge is -2.28. The average Bonchev–Trinajstić information content (AvgIpc) is 2.15. The smallest absolute Gasteiger partial charge is 0.168 e. The van der Waals surface area contributed by atoms with Crippen molar-refractivity contribution in [2.24, 2.45) is 0 Å². The summed E-state index contributed by atoms with van der Waals surface area (Å²) in [5.41, 5.74) is 1.29. The third kappa shape index (κ3) is 1.48. The zero-order valence-electron chi connectivity index (χ0n) is 7.99. The highest BCUT2D eigenvalue weighted by Crippen LogP contribution is 2.28. The van der Waals surface area contributed by atoms with Gasteiger partial charge >= 0.3 is 0 Å². The van der Waals surface area contributed by atoms with Crippen LogP contribution >= 0.6 is 0 Å². The minimum Gasteiger partial charge on any atom is -0.495 e. The largest absolute Gasteiger partial charge is 0.495 e. The quantitative estimate of drug-likeness (QED) is 0.724. The first kappa shape index (κ1) is 9.15. The van der Waals surface area contributed by atoms with Crippen LogP contribution < -0.4 is 10.1 Å². The maximum Gasteiger partial charge on any atom is 0.168 e. The Morgan fingerprint density at radius 1 is 1.64 bits per heavy atom. The second kappa shape index (κ2) is 3.75. The lowest BCUT2D eigenvalue weighted by Crippen LogP contribution is -2.36. The van der Waals surface area contributed by atoms with E-state index in [-0.39, 0.29) is 6.04 Å². The van der Waals surface area contributed by atoms with Crippen LogP contribution in [0.2, 0.25) is 0 Å². The summed E-state index contributed by atoms with van der Waals surface area (Å²) in [6.45, 7) is 1.00. The number of methoxy groups -OCH3 is 1. The normalized spacial score (nSPS) is 19.9. The molecule has 0 spiro atoms. The summed E-state index contributed by atoms with van der Waals surface area (Å²) < 4.78 is 5.18. The molecule has 0 unspecified atom stereocenters. The lowest BCUT2D eigenvalue weighted by molar-refractivity contribution is 0.111. The summed E-state index contributed by atoms with van der Waals surface area (Å²) in [6, 6.07) is 3.69. The third-order valence-electron chi connectivity index (χ3n) is 2.40. The van der Waals surface area contributed by atoms with Gasteiger partial charge in [0.2, 0.25) is 0 Å². The number of aldehydes is 1. The fraction of sp³-hybridized carbons (Fsp3) is 0.400. The molecule has 4 heteroatoms. The predicted octanol–water partition coefficient (Wildman–Crippen LogP) is 0.937. The van der Waals surface area contributed by atoms with E-state index in [2.05, 4.69) is 10.3 Å². The first-order valence-corrected chi connectivity index (χ1v) is 4.58. The van der Waals surface area contributed by atoms with Crippen molar-refractivity contribution in [3.05, 3.63) is 23.5 Å². The van der Waals surface area contributed by atoms with E-state index >= 15 is 0 Å². The molecule has 0 aliphatic carbocycles. The Balaban J connectivity index is 2.36. The van der Waals surface area contributed by atoms with Gasteiger partial charge in [0.15, 0.2) is 6.29 Å². The lowest BCUT2D eigenvalue weighted by atomic mass is 10.0. The first-order chi connectivity index (χ1) is 6.85. The summed E-state index contributed by atoms with van der Waals surface area (Å²) in [6.07, 6.45) is 1.80. The molecule has 1 aromatic rings. The Bertz CT molecular complexity index is 348. The molecular formula is C10H12N2O2. The van der Waals surface area contributed by atoms with Crippen LogP contribution in [0.25, 0.3) is 0 Å². The summed E-state index contributed by atoms with van der Waals surface area (Å²) in [5, 5.41) is 3.23. The first-order valence-electron chi connectivity index (χ1n) is 4.58. The van der Waals surface area contributed by atoms with Crippen LogP contribution in [0.15, 0.2) is 12.1 Å². The number of nitrogens with one attached hydrogen (secondary N) is 1. The SMILES string of the molecule is COc1ccc(C=O)nc1[C@@H]1CCN1. The minimum absolute atomic E-state index is 0.241. The Morgan fingerprint density at radius 2 is 2.43 bits per heavy atom. The van der Waals surface area contributed by atoms with Crippen LogP contribution in [0, 0.1) is 0 Å². The van der Waals surface area contributed by atoms with Crippen LogP contribution in [0.4, 0.5) is 0 Å². The molecule has 0 bridgehead atoms. The van der Waals surface area contributed by atoms with Crippen molar-refractivity contribution in [1.82, 2.24) is 10.3 Å². The maximum absolute atomic E-state index is 10.6. The molecule has 0 amide bonds. The fourth-order valence-electron chi connectivity index (χ4n) is 1.49. The summed E-state index contributed by atoms with van der Waals surface area (Å²) in [7, 11) is 1.61. The van der Waals surface area contributed by atoms with Crippen molar-refractivity contribution in [1.29, 1.82) is 0 Å². The zero-order chi connectivity index (χ0) is 9.97. The Morgan fingerprint density at radius 3 is 2.93 bits per heavy atom. The predicted molar refractivity (Wildman–Crippen MR) is 51.5 cm³/mol. The van der Waals surface area contributed by atoms with Crippen LogP contribution in [0.3, 0.4) is 0 Å². The molecule has 1 N–H and O–H groups in total. The van der Waals surface area contributed by atoms with E-state index in [9.17, 15) is 4.79 Å². The summed E-state index contributed by atoms with van der Waals surface area (Å²) in [4.78, 5) is 14.8. The molecule has 1 aliphatic heterocycles. The van der Waals surface area contributed by atoms with Gasteiger partial charge in [-0.15, -0.1) is 0 Å². The van der Waals surface area contributed by atoms with Gasteiger partial charge in [-0.25, -0.2) is 4.98 Å². The molecule has 2 rings (SSSR count). The minimum atomic E-state index is 0.241. The zero-order valence-corrected chi connectivity index (χ0v) is 7.99. The number of carbonyl (C=O) groups is 1. The Labute approximate surface area is 82.3 Å². The van der Waals surface area contributed by atoms with Gasteiger partial charge in [0.1, 0.15) is 17.1 Å². The molecule has 0 saturated carbocycles. The Kier molecular flexibility index (Phi) is 2.45. The van der Waals surface area contributed by atoms with Gasteiger partial charge in [0.25, 0.3) is 0 Å². The van der Waals surface area contributed by atoms with E-state index in [1.54, 1.807) is 19.2 Å². The van der Waals surface area contributed by atoms with Crippen LogP contribution in [0.1, 0.15) is 28.6 Å². The number of carbonyl (C=O) groups excluding carboxylic acids is 1. The number of aromatic nitrogens is 1. The molecule has 74 valence electrons. The van der Waals surface area contributed by atoms with E-state index in [0.29, 0.717) is 5.69 Å². The molecule has 0 radical (unpaired) electrons. The van der Waals surface area contributed by atoms with Gasteiger partial charge in [-0.05, 0) is 25.1 Å². The van der Waals surface area contributed by atoms with Crippen LogP contribution in [-0.4, -0.2) is 24.9 Å². The highest BCUT2D eigenvalue weighted by molar-refractivity contribution is 5.72. The van der Waals surface area contributed by atoms with Crippen molar-refractivity contribution in [2.45, 2.75) is 12.5 Å². The molecule has 2 heterocycles. The van der Waals surface area contributed by atoms with E-state index in [0.717, 1.165) is 30.7 Å². The van der Waals surface area contributed by atoms with Gasteiger partial charge < -0.3 is 10.1 Å². The third-order valence-corrected chi connectivity index (χ3v) is 2.40. The maximum atomic E-state index is 10.6. The molecule has 1 saturated heterocycles. The monoisotopic (exact) mass is 192 g/mol. The summed E-state index contributed by atoms with van der Waals surface area (Å²) >= 11 is 0. The van der Waals surface area contributed by atoms with E-state index in [1.807, 2.05) is 0 Å². The van der Waals surface area contributed by atoms with E-state index in [4.69, 9.17) is 4.74 Å². The molecule has 1 atom stereocenters. The number of rotatable bonds is 3. The van der Waals surface area contributed by atoms with E-state index in [1.165, 1.54) is 0 Å². The molecule has 1 aliphatic rings. The van der Waals surface area contributed by atoms with Gasteiger partial charge in [-0.1, -0.05) is 0 Å². The molecular weight excluding hydrogens is 180 g/mol. The number of pyridine rings is 1. The van der Waals surface area contributed by atoms with Crippen molar-refractivity contribution in [3.63, 3.8) is 0 Å². The van der Waals surface area contributed by atoms with Gasteiger partial charge in [-0.2, -0.15) is 0 Å². The van der Waals surface area contributed by atoms with Gasteiger partial charge in [-0.3, -0.25) is 4.79 Å². The molecule has 1 aromatic heterocycles. The topological polar surface area (TPSA) is 51.2 Å². The second-order valence-corrected chi connectivity index (χ2v) is 3.24. The Hall–Kier alpha value is -1.42. The second-order valence-electron chi connectivity index (χ2n) is 3.24. The summed E-state index contributed by atoms with van der Waals surface area (Å²) in [5.74, 6) is 0.743. The molecule has 0 aromatic carbocycles. The van der Waals surface area contributed by atoms with Crippen molar-refractivity contribution in [3.8, 4) is 5.75 Å². The highest BCUT2D eigenvalue weighted by atomic mass is 16.5. The van der Waals surface area contributed by atoms with Crippen LogP contribution in [0.5, 0.6) is 5.75 Å². The average molecular weight is 192 g/mol. The van der Waals surface area contributed by atoms with Crippen molar-refractivity contribution < 1.29 is 9.53 Å². The fourth-order valence-corrected chi connectivity index (χ4v) is 1.49. The van der Waals surface area contributed by atoms with Crippen LogP contribution in [-0.2, 0) is 0 Å². The van der Waals surface area contributed by atoms with Crippen molar-refractivity contribution in [2.75, 3.05) is 13.7 Å². The van der Waals surface area contributed by atoms with E-state index < -0.39 is 0 Å². The number of hydrogen-bond acceptors (Lipinski definition) is 4. The highest BCUT2D eigenvalue weighted by Gasteiger charge is 2.23. The molecule has 4 nitrogen and oxygen atoms in total. The number of ether oxygens (including phenoxy) is 1. The standard InChI is InChI=1S/C10H12N2O2/c1-14-9-3-2-7(6-13)12-10(9)8-4-5-11-8/h2-3,6,8,11H,4-5H2,1H3/t8-/m0/s1. The molecule has 1 fully saturated rings. The van der Waals surface area contributed by atoms with Crippen molar-refractivity contribution >= 4 is 6.29 Å². The number of nitrogens with zero attached hydrogens (tertiary/aromatic N) is 1. The number of hydrogen-bond donors (Lipinski definition) is 1. The van der Waals surface area contributed by atoms with Gasteiger partial charge in [0.05, 0.1) is 13.2 Å².